The van der Waals surface area contributed by atoms with E-state index in [1.165, 1.54) is 0 Å². The van der Waals surface area contributed by atoms with E-state index in [0.717, 1.165) is 41.3 Å². The Hall–Kier alpha value is -1.26. The van der Waals surface area contributed by atoms with Gasteiger partial charge in [0.15, 0.2) is 0 Å². The summed E-state index contributed by atoms with van der Waals surface area (Å²) in [5.41, 5.74) is 2.02. The number of rotatable bonds is 5. The minimum absolute atomic E-state index is 0.268. The molecule has 0 amide bonds. The molecular weight excluding hydrogens is 290 g/mol. The van der Waals surface area contributed by atoms with Gasteiger partial charge in [0.2, 0.25) is 0 Å². The van der Waals surface area contributed by atoms with Crippen LogP contribution in [0.4, 0.5) is 0 Å². The van der Waals surface area contributed by atoms with Crippen LogP contribution in [0.2, 0.25) is 5.02 Å². The lowest BCUT2D eigenvalue weighted by Crippen LogP contribution is -2.38. The summed E-state index contributed by atoms with van der Waals surface area (Å²) in [6, 6.07) is 3.89. The predicted octanol–water partition coefficient (Wildman–Crippen LogP) is 3.34. The van der Waals surface area contributed by atoms with E-state index in [1.54, 1.807) is 0 Å². The number of hydrogen-bond acceptors (Lipinski definition) is 3. The van der Waals surface area contributed by atoms with Gasteiger partial charge in [0, 0.05) is 23.7 Å². The summed E-state index contributed by atoms with van der Waals surface area (Å²) in [5.74, 6) is -0.126. The number of nitrogens with zero attached hydrogens (tertiary/aromatic N) is 1. The van der Waals surface area contributed by atoms with Gasteiger partial charge in [0.1, 0.15) is 5.75 Å². The third kappa shape index (κ3) is 4.11. The van der Waals surface area contributed by atoms with E-state index in [1.807, 2.05) is 26.0 Å². The van der Waals surface area contributed by atoms with E-state index in [4.69, 9.17) is 21.4 Å². The highest BCUT2D eigenvalue weighted by atomic mass is 35.5. The molecule has 1 N–H and O–H groups in total. The fourth-order valence-corrected chi connectivity index (χ4v) is 2.94. The molecule has 0 radical (unpaired) electrons. The van der Waals surface area contributed by atoms with Crippen molar-refractivity contribution in [3.8, 4) is 5.75 Å². The smallest absolute Gasteiger partial charge is 0.307 e. The van der Waals surface area contributed by atoms with Crippen molar-refractivity contribution in [2.24, 2.45) is 5.92 Å². The Morgan fingerprint density at radius 2 is 2.29 bits per heavy atom. The largest absolute Gasteiger partial charge is 0.494 e. The number of carboxylic acids is 1. The van der Waals surface area contributed by atoms with Crippen molar-refractivity contribution >= 4 is 17.6 Å². The Balaban J connectivity index is 2.14. The molecule has 1 aromatic carbocycles. The summed E-state index contributed by atoms with van der Waals surface area (Å²) in [6.45, 7) is 6.70. The number of aryl methyl sites for hydroxylation is 1. The summed E-state index contributed by atoms with van der Waals surface area (Å²) in [7, 11) is 0. The number of ether oxygens (including phenoxy) is 1. The quantitative estimate of drug-likeness (QED) is 0.906. The van der Waals surface area contributed by atoms with Crippen LogP contribution >= 0.6 is 11.6 Å². The van der Waals surface area contributed by atoms with Crippen molar-refractivity contribution in [1.29, 1.82) is 0 Å². The molecule has 1 heterocycles. The maximum Gasteiger partial charge on any atom is 0.307 e. The fraction of sp³-hybridized carbons (Fsp3) is 0.562. The van der Waals surface area contributed by atoms with Crippen molar-refractivity contribution in [3.05, 3.63) is 28.3 Å². The predicted molar refractivity (Wildman–Crippen MR) is 83.0 cm³/mol. The summed E-state index contributed by atoms with van der Waals surface area (Å²) in [5, 5.41) is 9.89. The highest BCUT2D eigenvalue weighted by Gasteiger charge is 2.26. The first-order valence-electron chi connectivity index (χ1n) is 7.38. The monoisotopic (exact) mass is 311 g/mol. The van der Waals surface area contributed by atoms with Crippen LogP contribution in [0.25, 0.3) is 0 Å². The van der Waals surface area contributed by atoms with E-state index < -0.39 is 5.97 Å². The van der Waals surface area contributed by atoms with Gasteiger partial charge in [-0.05, 0) is 50.9 Å². The molecule has 1 aliphatic rings. The molecule has 1 fully saturated rings. The minimum atomic E-state index is -0.702. The Labute approximate surface area is 130 Å². The summed E-state index contributed by atoms with van der Waals surface area (Å²) in [4.78, 5) is 13.3. The second kappa shape index (κ2) is 7.14. The molecule has 116 valence electrons. The molecule has 1 saturated heterocycles. The van der Waals surface area contributed by atoms with E-state index in [0.29, 0.717) is 19.7 Å². The number of aliphatic carboxylic acids is 1. The zero-order valence-electron chi connectivity index (χ0n) is 12.6. The Morgan fingerprint density at radius 3 is 2.95 bits per heavy atom. The molecule has 1 aliphatic heterocycles. The van der Waals surface area contributed by atoms with Gasteiger partial charge in [0.05, 0.1) is 12.5 Å². The Morgan fingerprint density at radius 1 is 1.52 bits per heavy atom. The van der Waals surface area contributed by atoms with Crippen LogP contribution in [0.5, 0.6) is 5.75 Å². The molecular formula is C16H22ClNO3. The standard InChI is InChI=1S/C16H22ClNO3/c1-3-21-15-7-11(2)14(17)8-13(15)10-18-6-4-5-12(9-18)16(19)20/h7-8,12H,3-6,9-10H2,1-2H3,(H,19,20). The van der Waals surface area contributed by atoms with Gasteiger partial charge < -0.3 is 9.84 Å². The van der Waals surface area contributed by atoms with Crippen LogP contribution in [-0.2, 0) is 11.3 Å². The second-order valence-electron chi connectivity index (χ2n) is 5.55. The van der Waals surface area contributed by atoms with E-state index in [-0.39, 0.29) is 5.92 Å². The maximum absolute atomic E-state index is 11.1. The molecule has 0 aromatic heterocycles. The Bertz CT molecular complexity index is 518. The second-order valence-corrected chi connectivity index (χ2v) is 5.96. The molecule has 1 unspecified atom stereocenters. The van der Waals surface area contributed by atoms with Crippen molar-refractivity contribution < 1.29 is 14.6 Å². The topological polar surface area (TPSA) is 49.8 Å². The molecule has 21 heavy (non-hydrogen) atoms. The van der Waals surface area contributed by atoms with Gasteiger partial charge in [-0.1, -0.05) is 11.6 Å². The third-order valence-corrected chi connectivity index (χ3v) is 4.30. The molecule has 2 rings (SSSR count). The number of piperidine rings is 1. The zero-order chi connectivity index (χ0) is 15.4. The number of hydrogen-bond donors (Lipinski definition) is 1. The van der Waals surface area contributed by atoms with Gasteiger partial charge in [-0.2, -0.15) is 0 Å². The van der Waals surface area contributed by atoms with Crippen LogP contribution in [-0.4, -0.2) is 35.7 Å². The highest BCUT2D eigenvalue weighted by Crippen LogP contribution is 2.29. The first kappa shape index (κ1) is 16.1. The lowest BCUT2D eigenvalue weighted by Gasteiger charge is -2.31. The van der Waals surface area contributed by atoms with Crippen molar-refractivity contribution in [2.75, 3.05) is 19.7 Å². The zero-order valence-corrected chi connectivity index (χ0v) is 13.3. The van der Waals surface area contributed by atoms with Gasteiger partial charge in [-0.25, -0.2) is 0 Å². The number of carboxylic acid groups (broad SMARTS) is 1. The van der Waals surface area contributed by atoms with Crippen molar-refractivity contribution in [1.82, 2.24) is 4.90 Å². The SMILES string of the molecule is CCOc1cc(C)c(Cl)cc1CN1CCCC(C(=O)O)C1. The average Bonchev–Trinajstić information content (AvgIpc) is 2.45. The van der Waals surface area contributed by atoms with Crippen LogP contribution in [0, 0.1) is 12.8 Å². The molecule has 0 aliphatic carbocycles. The molecule has 4 nitrogen and oxygen atoms in total. The van der Waals surface area contributed by atoms with Crippen LogP contribution in [0.1, 0.15) is 30.9 Å². The number of halogens is 1. The molecule has 0 saturated carbocycles. The fourth-order valence-electron chi connectivity index (χ4n) is 2.75. The molecule has 5 heteroatoms. The van der Waals surface area contributed by atoms with Crippen LogP contribution < -0.4 is 4.74 Å². The van der Waals surface area contributed by atoms with Crippen LogP contribution in [0.15, 0.2) is 12.1 Å². The van der Waals surface area contributed by atoms with Gasteiger partial charge in [-0.15, -0.1) is 0 Å². The summed E-state index contributed by atoms with van der Waals surface area (Å²) < 4.78 is 5.69. The highest BCUT2D eigenvalue weighted by molar-refractivity contribution is 6.31. The number of likely N-dealkylation sites (tertiary alicyclic amines) is 1. The molecule has 0 spiro atoms. The summed E-state index contributed by atoms with van der Waals surface area (Å²) in [6.07, 6.45) is 1.68. The van der Waals surface area contributed by atoms with Crippen molar-refractivity contribution in [3.63, 3.8) is 0 Å². The first-order valence-corrected chi connectivity index (χ1v) is 7.76. The maximum atomic E-state index is 11.1. The average molecular weight is 312 g/mol. The lowest BCUT2D eigenvalue weighted by molar-refractivity contribution is -0.143. The molecule has 1 atom stereocenters. The summed E-state index contributed by atoms with van der Waals surface area (Å²) >= 11 is 6.21. The molecule has 1 aromatic rings. The van der Waals surface area contributed by atoms with Gasteiger partial charge in [0.25, 0.3) is 0 Å². The Kier molecular flexibility index (Phi) is 5.48. The number of carbonyl (C=O) groups is 1. The third-order valence-electron chi connectivity index (χ3n) is 3.89. The van der Waals surface area contributed by atoms with Crippen LogP contribution in [0.3, 0.4) is 0 Å². The normalized spacial score (nSPS) is 19.5. The number of benzene rings is 1. The molecule has 0 bridgehead atoms. The van der Waals surface area contributed by atoms with E-state index in [9.17, 15) is 4.79 Å². The van der Waals surface area contributed by atoms with E-state index >= 15 is 0 Å². The van der Waals surface area contributed by atoms with Gasteiger partial charge in [-0.3, -0.25) is 9.69 Å². The lowest BCUT2D eigenvalue weighted by atomic mass is 9.97. The first-order chi connectivity index (χ1) is 10.0. The van der Waals surface area contributed by atoms with Gasteiger partial charge >= 0.3 is 5.97 Å². The minimum Gasteiger partial charge on any atom is -0.494 e. The van der Waals surface area contributed by atoms with Crippen molar-refractivity contribution in [2.45, 2.75) is 33.2 Å². The van der Waals surface area contributed by atoms with E-state index in [2.05, 4.69) is 4.90 Å².